The van der Waals surface area contributed by atoms with Gasteiger partial charge in [0.25, 0.3) is 0 Å². The van der Waals surface area contributed by atoms with Gasteiger partial charge in [0, 0.05) is 8.90 Å². The molecule has 0 unspecified atom stereocenters. The van der Waals surface area contributed by atoms with E-state index in [1.807, 2.05) is 32.0 Å². The largest absolute Gasteiger partial charge is 0.459 e. The van der Waals surface area contributed by atoms with Gasteiger partial charge in [-0.3, -0.25) is 0 Å². The van der Waals surface area contributed by atoms with E-state index in [1.54, 1.807) is 0 Å². The van der Waals surface area contributed by atoms with E-state index in [-0.39, 0.29) is 12.1 Å². The molecule has 0 heterocycles. The van der Waals surface area contributed by atoms with E-state index in [2.05, 4.69) is 38.5 Å². The lowest BCUT2D eigenvalue weighted by atomic mass is 10.1. The quantitative estimate of drug-likeness (QED) is 0.452. The molecular formula is C11H12BrIO2. The maximum atomic E-state index is 11.8. The van der Waals surface area contributed by atoms with Crippen molar-refractivity contribution in [3.63, 3.8) is 0 Å². The van der Waals surface area contributed by atoms with Gasteiger partial charge in [-0.1, -0.05) is 28.1 Å². The highest BCUT2D eigenvalue weighted by Gasteiger charge is 2.16. The average Bonchev–Trinajstić information content (AvgIpc) is 2.15. The van der Waals surface area contributed by atoms with E-state index in [4.69, 9.17) is 4.74 Å². The van der Waals surface area contributed by atoms with Gasteiger partial charge in [0.15, 0.2) is 0 Å². The summed E-state index contributed by atoms with van der Waals surface area (Å²) in [6.07, 6.45) is -0.0864. The zero-order valence-corrected chi connectivity index (χ0v) is 12.3. The lowest BCUT2D eigenvalue weighted by Crippen LogP contribution is -2.14. The Bertz CT molecular complexity index is 364. The summed E-state index contributed by atoms with van der Waals surface area (Å²) in [6, 6.07) is 5.77. The van der Waals surface area contributed by atoms with Crippen molar-refractivity contribution < 1.29 is 9.53 Å². The Kier molecular flexibility index (Phi) is 5.05. The number of hydrogen-bond donors (Lipinski definition) is 0. The van der Waals surface area contributed by atoms with E-state index in [0.29, 0.717) is 10.9 Å². The fourth-order valence-corrected chi connectivity index (χ4v) is 2.42. The van der Waals surface area contributed by atoms with E-state index >= 15 is 0 Å². The number of rotatable bonds is 3. The molecule has 4 heteroatoms. The van der Waals surface area contributed by atoms with Crippen LogP contribution in [0.1, 0.15) is 29.8 Å². The summed E-state index contributed by atoms with van der Waals surface area (Å²) in [6.45, 7) is 3.70. The Morgan fingerprint density at radius 1 is 1.53 bits per heavy atom. The molecule has 2 nitrogen and oxygen atoms in total. The lowest BCUT2D eigenvalue weighted by Gasteiger charge is -2.11. The molecule has 0 fully saturated rings. The topological polar surface area (TPSA) is 26.3 Å². The van der Waals surface area contributed by atoms with Gasteiger partial charge in [-0.05, 0) is 48.1 Å². The SMILES string of the molecule is CC(C)OC(=O)c1c(I)cccc1CBr. The smallest absolute Gasteiger partial charge is 0.339 e. The summed E-state index contributed by atoms with van der Waals surface area (Å²) < 4.78 is 6.12. The highest BCUT2D eigenvalue weighted by molar-refractivity contribution is 14.1. The number of halogens is 2. The Labute approximate surface area is 112 Å². The molecule has 0 atom stereocenters. The zero-order chi connectivity index (χ0) is 11.4. The van der Waals surface area contributed by atoms with Gasteiger partial charge in [-0.2, -0.15) is 0 Å². The van der Waals surface area contributed by atoms with E-state index < -0.39 is 0 Å². The van der Waals surface area contributed by atoms with Gasteiger partial charge in [-0.25, -0.2) is 4.79 Å². The molecular weight excluding hydrogens is 371 g/mol. The second-order valence-electron chi connectivity index (χ2n) is 3.36. The Morgan fingerprint density at radius 2 is 2.20 bits per heavy atom. The third-order valence-electron chi connectivity index (χ3n) is 1.79. The molecule has 1 aromatic rings. The number of carbonyl (C=O) groups is 1. The zero-order valence-electron chi connectivity index (χ0n) is 8.59. The van der Waals surface area contributed by atoms with Crippen LogP contribution in [0.15, 0.2) is 18.2 Å². The molecule has 0 spiro atoms. The molecule has 0 aliphatic carbocycles. The minimum absolute atomic E-state index is 0.0864. The van der Waals surface area contributed by atoms with Crippen molar-refractivity contribution in [2.24, 2.45) is 0 Å². The molecule has 15 heavy (non-hydrogen) atoms. The summed E-state index contributed by atoms with van der Waals surface area (Å²) in [4.78, 5) is 11.8. The molecule has 82 valence electrons. The van der Waals surface area contributed by atoms with Gasteiger partial charge < -0.3 is 4.74 Å². The normalized spacial score (nSPS) is 10.5. The van der Waals surface area contributed by atoms with Crippen LogP contribution >= 0.6 is 38.5 Å². The highest BCUT2D eigenvalue weighted by Crippen LogP contribution is 2.20. The molecule has 0 aliphatic heterocycles. The first kappa shape index (κ1) is 13.0. The van der Waals surface area contributed by atoms with Crippen LogP contribution in [0.2, 0.25) is 0 Å². The molecule has 0 saturated carbocycles. The number of benzene rings is 1. The van der Waals surface area contributed by atoms with Crippen LogP contribution < -0.4 is 0 Å². The monoisotopic (exact) mass is 382 g/mol. The predicted molar refractivity (Wildman–Crippen MR) is 72.3 cm³/mol. The van der Waals surface area contributed by atoms with Crippen LogP contribution in [-0.2, 0) is 10.1 Å². The molecule has 0 aromatic heterocycles. The van der Waals surface area contributed by atoms with E-state index in [0.717, 1.165) is 9.13 Å². The molecule has 0 aliphatic rings. The molecule has 1 aromatic carbocycles. The van der Waals surface area contributed by atoms with Crippen molar-refractivity contribution in [2.75, 3.05) is 0 Å². The van der Waals surface area contributed by atoms with E-state index in [9.17, 15) is 4.79 Å². The van der Waals surface area contributed by atoms with Crippen molar-refractivity contribution >= 4 is 44.5 Å². The summed E-state index contributed by atoms with van der Waals surface area (Å²) in [5, 5.41) is 0.659. The molecule has 1 rings (SSSR count). The van der Waals surface area contributed by atoms with Crippen molar-refractivity contribution in [2.45, 2.75) is 25.3 Å². The molecule has 0 bridgehead atoms. The molecule has 0 radical (unpaired) electrons. The van der Waals surface area contributed by atoms with Gasteiger partial charge in [0.05, 0.1) is 11.7 Å². The van der Waals surface area contributed by atoms with Crippen LogP contribution in [0.25, 0.3) is 0 Å². The number of carbonyl (C=O) groups excluding carboxylic acids is 1. The van der Waals surface area contributed by atoms with Crippen molar-refractivity contribution in [1.29, 1.82) is 0 Å². The summed E-state index contributed by atoms with van der Waals surface area (Å²) in [5.74, 6) is -0.246. The lowest BCUT2D eigenvalue weighted by molar-refractivity contribution is 0.0375. The van der Waals surface area contributed by atoms with Gasteiger partial charge in [0.1, 0.15) is 0 Å². The Morgan fingerprint density at radius 3 is 2.73 bits per heavy atom. The fraction of sp³-hybridized carbons (Fsp3) is 0.364. The predicted octanol–water partition coefficient (Wildman–Crippen LogP) is 3.75. The highest BCUT2D eigenvalue weighted by atomic mass is 127. The average molecular weight is 383 g/mol. The Hall–Kier alpha value is -0.100. The third-order valence-corrected chi connectivity index (χ3v) is 3.29. The molecule has 0 amide bonds. The number of ether oxygens (including phenoxy) is 1. The summed E-state index contributed by atoms with van der Waals surface area (Å²) in [7, 11) is 0. The van der Waals surface area contributed by atoms with Crippen LogP contribution in [0, 0.1) is 3.57 Å². The van der Waals surface area contributed by atoms with Crippen LogP contribution in [0.5, 0.6) is 0 Å². The molecule has 0 N–H and O–H groups in total. The van der Waals surface area contributed by atoms with Crippen LogP contribution in [0.3, 0.4) is 0 Å². The third kappa shape index (κ3) is 3.45. The number of alkyl halides is 1. The second kappa shape index (κ2) is 5.84. The molecule has 0 saturated heterocycles. The van der Waals surface area contributed by atoms with Gasteiger partial charge in [-0.15, -0.1) is 0 Å². The first-order valence-electron chi connectivity index (χ1n) is 4.60. The van der Waals surface area contributed by atoms with Crippen molar-refractivity contribution in [3.05, 3.63) is 32.9 Å². The maximum absolute atomic E-state index is 11.8. The van der Waals surface area contributed by atoms with Gasteiger partial charge in [0.2, 0.25) is 0 Å². The standard InChI is InChI=1S/C11H12BrIO2/c1-7(2)15-11(14)10-8(6-12)4-3-5-9(10)13/h3-5,7H,6H2,1-2H3. The van der Waals surface area contributed by atoms with Crippen molar-refractivity contribution in [3.8, 4) is 0 Å². The summed E-state index contributed by atoms with van der Waals surface area (Å²) in [5.41, 5.74) is 1.64. The minimum atomic E-state index is -0.246. The Balaban J connectivity index is 3.06. The second-order valence-corrected chi connectivity index (χ2v) is 5.08. The number of hydrogen-bond acceptors (Lipinski definition) is 2. The first-order chi connectivity index (χ1) is 7.06. The fourth-order valence-electron chi connectivity index (χ4n) is 1.18. The maximum Gasteiger partial charge on any atom is 0.339 e. The minimum Gasteiger partial charge on any atom is -0.459 e. The number of esters is 1. The first-order valence-corrected chi connectivity index (χ1v) is 6.80. The van der Waals surface area contributed by atoms with Gasteiger partial charge >= 0.3 is 5.97 Å². The van der Waals surface area contributed by atoms with Crippen LogP contribution in [0.4, 0.5) is 0 Å². The van der Waals surface area contributed by atoms with E-state index in [1.165, 1.54) is 0 Å². The van der Waals surface area contributed by atoms with Crippen molar-refractivity contribution in [1.82, 2.24) is 0 Å². The van der Waals surface area contributed by atoms with Crippen LogP contribution in [-0.4, -0.2) is 12.1 Å². The summed E-state index contributed by atoms with van der Waals surface area (Å²) >= 11 is 5.52.